The lowest BCUT2D eigenvalue weighted by Crippen LogP contribution is -2.43. The molecule has 22 heavy (non-hydrogen) atoms. The first-order chi connectivity index (χ1) is 10.8. The molecule has 126 valence electrons. The number of likely N-dealkylation sites (tertiary alicyclic amines) is 2. The third-order valence-corrected chi connectivity index (χ3v) is 5.65. The van der Waals surface area contributed by atoms with E-state index in [1.54, 1.807) is 0 Å². The predicted octanol–water partition coefficient (Wildman–Crippen LogP) is 1.14. The monoisotopic (exact) mass is 308 g/mol. The fourth-order valence-corrected chi connectivity index (χ4v) is 4.31. The third-order valence-electron chi connectivity index (χ3n) is 5.65. The average Bonchev–Trinajstić information content (AvgIpc) is 3.24. The molecule has 0 aromatic rings. The third kappa shape index (κ3) is 3.93. The summed E-state index contributed by atoms with van der Waals surface area (Å²) in [5.74, 6) is 2.22. The first-order valence-corrected chi connectivity index (χ1v) is 9.12. The molecule has 2 aliphatic heterocycles. The molecule has 5 nitrogen and oxygen atoms in total. The average molecular weight is 308 g/mol. The van der Waals surface area contributed by atoms with Crippen LogP contribution in [0.3, 0.4) is 0 Å². The SMILES string of the molecule is CN=C(NCC1CCCC1O)N1CCC(CN2CCCC2)C1. The summed E-state index contributed by atoms with van der Waals surface area (Å²) in [5, 5.41) is 13.4. The predicted molar refractivity (Wildman–Crippen MR) is 90.1 cm³/mol. The maximum absolute atomic E-state index is 9.94. The van der Waals surface area contributed by atoms with Crippen LogP contribution < -0.4 is 5.32 Å². The summed E-state index contributed by atoms with van der Waals surface area (Å²) in [7, 11) is 1.88. The molecule has 1 aliphatic carbocycles. The van der Waals surface area contributed by atoms with E-state index < -0.39 is 0 Å². The van der Waals surface area contributed by atoms with Crippen molar-refractivity contribution < 1.29 is 5.11 Å². The van der Waals surface area contributed by atoms with Crippen LogP contribution in [0.2, 0.25) is 0 Å². The van der Waals surface area contributed by atoms with Crippen molar-refractivity contribution in [2.24, 2.45) is 16.8 Å². The number of guanidine groups is 1. The van der Waals surface area contributed by atoms with Crippen LogP contribution in [0.4, 0.5) is 0 Å². The largest absolute Gasteiger partial charge is 0.393 e. The van der Waals surface area contributed by atoms with Crippen LogP contribution in [0.1, 0.15) is 38.5 Å². The molecule has 3 fully saturated rings. The number of nitrogens with one attached hydrogen (secondary N) is 1. The van der Waals surface area contributed by atoms with Crippen molar-refractivity contribution in [3.8, 4) is 0 Å². The lowest BCUT2D eigenvalue weighted by Gasteiger charge is -2.25. The fraction of sp³-hybridized carbons (Fsp3) is 0.941. The van der Waals surface area contributed by atoms with Crippen molar-refractivity contribution in [2.45, 2.75) is 44.6 Å². The van der Waals surface area contributed by atoms with E-state index in [1.807, 2.05) is 7.05 Å². The smallest absolute Gasteiger partial charge is 0.193 e. The molecule has 2 N–H and O–H groups in total. The second-order valence-electron chi connectivity index (χ2n) is 7.29. The topological polar surface area (TPSA) is 51.1 Å². The zero-order valence-electron chi connectivity index (χ0n) is 14.0. The summed E-state index contributed by atoms with van der Waals surface area (Å²) in [4.78, 5) is 9.49. The van der Waals surface area contributed by atoms with Crippen molar-refractivity contribution in [3.05, 3.63) is 0 Å². The van der Waals surface area contributed by atoms with Crippen molar-refractivity contribution in [2.75, 3.05) is 46.3 Å². The molecule has 5 heteroatoms. The van der Waals surface area contributed by atoms with Gasteiger partial charge in [-0.05, 0) is 51.1 Å². The minimum atomic E-state index is -0.118. The highest BCUT2D eigenvalue weighted by Gasteiger charge is 2.29. The van der Waals surface area contributed by atoms with Gasteiger partial charge in [-0.15, -0.1) is 0 Å². The summed E-state index contributed by atoms with van der Waals surface area (Å²) in [6, 6.07) is 0. The zero-order chi connectivity index (χ0) is 15.4. The van der Waals surface area contributed by atoms with Crippen LogP contribution in [-0.2, 0) is 0 Å². The lowest BCUT2D eigenvalue weighted by molar-refractivity contribution is 0.134. The van der Waals surface area contributed by atoms with Gasteiger partial charge < -0.3 is 20.2 Å². The van der Waals surface area contributed by atoms with Gasteiger partial charge in [0.25, 0.3) is 0 Å². The van der Waals surface area contributed by atoms with Crippen LogP contribution in [-0.4, -0.2) is 73.3 Å². The number of aliphatic hydroxyl groups excluding tert-OH is 1. The van der Waals surface area contributed by atoms with Gasteiger partial charge in [0.15, 0.2) is 5.96 Å². The van der Waals surface area contributed by atoms with E-state index in [0.29, 0.717) is 5.92 Å². The second kappa shape index (κ2) is 7.64. The highest BCUT2D eigenvalue weighted by atomic mass is 16.3. The summed E-state index contributed by atoms with van der Waals surface area (Å²) in [6.07, 6.45) is 7.19. The molecule has 0 amide bonds. The van der Waals surface area contributed by atoms with Gasteiger partial charge in [0.05, 0.1) is 6.10 Å². The van der Waals surface area contributed by atoms with E-state index in [1.165, 1.54) is 38.9 Å². The van der Waals surface area contributed by atoms with E-state index >= 15 is 0 Å². The standard InChI is InChI=1S/C17H32N4O/c1-18-17(19-11-15-5-4-6-16(15)22)21-10-7-14(13-21)12-20-8-2-3-9-20/h14-16,22H,2-13H2,1H3,(H,18,19). The van der Waals surface area contributed by atoms with Gasteiger partial charge in [0.2, 0.25) is 0 Å². The molecule has 0 bridgehead atoms. The van der Waals surface area contributed by atoms with Crippen molar-refractivity contribution in [1.29, 1.82) is 0 Å². The van der Waals surface area contributed by atoms with E-state index in [0.717, 1.165) is 50.8 Å². The number of hydrogen-bond donors (Lipinski definition) is 2. The van der Waals surface area contributed by atoms with E-state index in [9.17, 15) is 5.11 Å². The molecule has 3 rings (SSSR count). The van der Waals surface area contributed by atoms with Gasteiger partial charge >= 0.3 is 0 Å². The Morgan fingerprint density at radius 3 is 2.64 bits per heavy atom. The summed E-state index contributed by atoms with van der Waals surface area (Å²) < 4.78 is 0. The van der Waals surface area contributed by atoms with Gasteiger partial charge in [0.1, 0.15) is 0 Å². The van der Waals surface area contributed by atoms with Crippen molar-refractivity contribution in [1.82, 2.24) is 15.1 Å². The van der Waals surface area contributed by atoms with Gasteiger partial charge in [-0.1, -0.05) is 6.42 Å². The van der Waals surface area contributed by atoms with Crippen LogP contribution in [0.5, 0.6) is 0 Å². The molecule has 3 atom stereocenters. The number of rotatable bonds is 4. The Bertz CT molecular complexity index is 381. The second-order valence-corrected chi connectivity index (χ2v) is 7.29. The molecule has 0 radical (unpaired) electrons. The summed E-state index contributed by atoms with van der Waals surface area (Å²) in [6.45, 7) is 6.96. The molecule has 3 aliphatic rings. The van der Waals surface area contributed by atoms with E-state index in [2.05, 4.69) is 20.1 Å². The van der Waals surface area contributed by atoms with E-state index in [4.69, 9.17) is 0 Å². The highest BCUT2D eigenvalue weighted by Crippen LogP contribution is 2.25. The normalized spacial score (nSPS) is 33.8. The molecule has 0 aromatic carbocycles. The van der Waals surface area contributed by atoms with Crippen molar-refractivity contribution >= 4 is 5.96 Å². The number of aliphatic hydroxyl groups is 1. The van der Waals surface area contributed by atoms with Gasteiger partial charge in [-0.25, -0.2) is 0 Å². The molecule has 0 aromatic heterocycles. The molecule has 2 saturated heterocycles. The maximum atomic E-state index is 9.94. The number of nitrogens with zero attached hydrogens (tertiary/aromatic N) is 3. The molecule has 2 heterocycles. The molecule has 1 saturated carbocycles. The maximum Gasteiger partial charge on any atom is 0.193 e. The van der Waals surface area contributed by atoms with Crippen molar-refractivity contribution in [3.63, 3.8) is 0 Å². The Kier molecular flexibility index (Phi) is 5.58. The van der Waals surface area contributed by atoms with Crippen LogP contribution in [0, 0.1) is 11.8 Å². The quantitative estimate of drug-likeness (QED) is 0.604. The van der Waals surface area contributed by atoms with Crippen LogP contribution in [0.15, 0.2) is 4.99 Å². The molecular weight excluding hydrogens is 276 g/mol. The molecular formula is C17H32N4O. The molecule has 3 unspecified atom stereocenters. The number of hydrogen-bond acceptors (Lipinski definition) is 3. The summed E-state index contributed by atoms with van der Waals surface area (Å²) >= 11 is 0. The Morgan fingerprint density at radius 1 is 1.14 bits per heavy atom. The first-order valence-electron chi connectivity index (χ1n) is 9.12. The number of aliphatic imine (C=N–C) groups is 1. The first kappa shape index (κ1) is 16.1. The Labute approximate surface area is 134 Å². The minimum Gasteiger partial charge on any atom is -0.393 e. The van der Waals surface area contributed by atoms with E-state index in [-0.39, 0.29) is 6.10 Å². The Hall–Kier alpha value is -0.810. The Balaban J connectivity index is 1.43. The fourth-order valence-electron chi connectivity index (χ4n) is 4.31. The van der Waals surface area contributed by atoms with Gasteiger partial charge in [0, 0.05) is 39.1 Å². The molecule has 0 spiro atoms. The lowest BCUT2D eigenvalue weighted by atomic mass is 10.1. The van der Waals surface area contributed by atoms with Crippen LogP contribution >= 0.6 is 0 Å². The highest BCUT2D eigenvalue weighted by molar-refractivity contribution is 5.80. The zero-order valence-corrected chi connectivity index (χ0v) is 14.0. The van der Waals surface area contributed by atoms with Gasteiger partial charge in [-0.2, -0.15) is 0 Å². The van der Waals surface area contributed by atoms with Gasteiger partial charge in [-0.3, -0.25) is 4.99 Å². The minimum absolute atomic E-state index is 0.118. The van der Waals surface area contributed by atoms with Crippen LogP contribution in [0.25, 0.3) is 0 Å². The Morgan fingerprint density at radius 2 is 1.95 bits per heavy atom. The summed E-state index contributed by atoms with van der Waals surface area (Å²) in [5.41, 5.74) is 0.